The number of fused-ring (bicyclic) bond motifs is 3. The maximum atomic E-state index is 14.0. The number of halogens is 3. The first kappa shape index (κ1) is 33.8. The van der Waals surface area contributed by atoms with Gasteiger partial charge in [0.2, 0.25) is 11.7 Å². The van der Waals surface area contributed by atoms with Crippen molar-refractivity contribution in [3.05, 3.63) is 42.4 Å². The van der Waals surface area contributed by atoms with E-state index in [1.54, 1.807) is 70.5 Å². The van der Waals surface area contributed by atoms with Crippen LogP contribution in [0, 0.1) is 0 Å². The van der Waals surface area contributed by atoms with Gasteiger partial charge in [0.25, 0.3) is 0 Å². The normalized spacial score (nSPS) is 23.0. The second-order valence-corrected chi connectivity index (χ2v) is 14.3. The molecule has 261 valence electrons. The number of hydrogen-bond acceptors (Lipinski definition) is 11. The van der Waals surface area contributed by atoms with Crippen molar-refractivity contribution in [1.29, 1.82) is 0 Å². The second kappa shape index (κ2) is 12.0. The topological polar surface area (TPSA) is 115 Å². The quantitative estimate of drug-likeness (QED) is 0.262. The van der Waals surface area contributed by atoms with Gasteiger partial charge in [-0.1, -0.05) is 12.1 Å². The predicted octanol–water partition coefficient (Wildman–Crippen LogP) is 4.64. The Morgan fingerprint density at radius 3 is 2.51 bits per heavy atom. The third-order valence-corrected chi connectivity index (χ3v) is 10.3. The highest BCUT2D eigenvalue weighted by Crippen LogP contribution is 2.41. The van der Waals surface area contributed by atoms with E-state index in [-0.39, 0.29) is 35.5 Å². The molecule has 4 aromatic rings. The van der Waals surface area contributed by atoms with Gasteiger partial charge in [-0.05, 0) is 65.2 Å². The van der Waals surface area contributed by atoms with Crippen molar-refractivity contribution >= 4 is 46.5 Å². The molecule has 3 aliphatic heterocycles. The molecule has 11 nitrogen and oxygen atoms in total. The summed E-state index contributed by atoms with van der Waals surface area (Å²) < 4.78 is 72.5. The average Bonchev–Trinajstić information content (AvgIpc) is 3.58. The molecular weight excluding hydrogens is 642 g/mol. The van der Waals surface area contributed by atoms with Crippen LogP contribution < -0.4 is 20.0 Å². The van der Waals surface area contributed by atoms with E-state index in [4.69, 9.17) is 28.3 Å². The molecule has 1 radical (unpaired) electrons. The Morgan fingerprint density at radius 2 is 1.82 bits per heavy atom. The lowest BCUT2D eigenvalue weighted by atomic mass is 9.83. The number of aliphatic hydroxyl groups is 1. The average molecular weight is 683 g/mol. The lowest BCUT2D eigenvalue weighted by Gasteiger charge is -2.53. The SMILES string of the molecule is C[C@@H]1CC(Oc2ncc([B]OC(C)(C)C(C)(C)O)cc2N2CCOC3(COC3)[C@@H]2C)CN1c1nc(C(F)(F)F)nc2c1oc1ccccc12. The van der Waals surface area contributed by atoms with Crippen molar-refractivity contribution in [2.24, 2.45) is 0 Å². The van der Waals surface area contributed by atoms with Crippen LogP contribution in [-0.2, 0) is 20.3 Å². The molecule has 1 N–H and O–H groups in total. The minimum absolute atomic E-state index is 0.0645. The first-order valence-electron chi connectivity index (χ1n) is 16.5. The van der Waals surface area contributed by atoms with E-state index in [1.165, 1.54) is 0 Å². The zero-order valence-electron chi connectivity index (χ0n) is 28.4. The molecule has 1 unspecified atom stereocenters. The largest absolute Gasteiger partial charge is 0.471 e. The van der Waals surface area contributed by atoms with Gasteiger partial charge in [0, 0.05) is 30.6 Å². The molecule has 0 saturated carbocycles. The van der Waals surface area contributed by atoms with Gasteiger partial charge in [0.05, 0.1) is 49.3 Å². The van der Waals surface area contributed by atoms with Crippen molar-refractivity contribution in [3.8, 4) is 5.88 Å². The van der Waals surface area contributed by atoms with E-state index in [2.05, 4.69) is 21.8 Å². The molecule has 0 bridgehead atoms. The van der Waals surface area contributed by atoms with E-state index in [9.17, 15) is 18.3 Å². The summed E-state index contributed by atoms with van der Waals surface area (Å²) in [6, 6.07) is 8.52. The van der Waals surface area contributed by atoms with E-state index in [1.807, 2.05) is 13.0 Å². The summed E-state index contributed by atoms with van der Waals surface area (Å²) in [6.45, 7) is 13.3. The molecule has 3 aromatic heterocycles. The van der Waals surface area contributed by atoms with Crippen molar-refractivity contribution in [2.45, 2.75) is 89.1 Å². The molecule has 6 heterocycles. The highest BCUT2D eigenvalue weighted by molar-refractivity contribution is 6.47. The molecule has 3 aliphatic rings. The monoisotopic (exact) mass is 682 g/mol. The highest BCUT2D eigenvalue weighted by Gasteiger charge is 2.50. The fraction of sp³-hybridized carbons (Fsp3) is 0.559. The van der Waals surface area contributed by atoms with Crippen molar-refractivity contribution in [3.63, 3.8) is 0 Å². The number of para-hydroxylation sites is 1. The van der Waals surface area contributed by atoms with Crippen LogP contribution in [-0.4, -0.2) is 95.4 Å². The molecule has 49 heavy (non-hydrogen) atoms. The van der Waals surface area contributed by atoms with Gasteiger partial charge in [-0.2, -0.15) is 13.2 Å². The number of anilines is 2. The Hall–Kier alpha value is -3.66. The number of morpholine rings is 1. The first-order valence-corrected chi connectivity index (χ1v) is 16.5. The van der Waals surface area contributed by atoms with Crippen LogP contribution in [0.3, 0.4) is 0 Å². The Kier molecular flexibility index (Phi) is 8.28. The van der Waals surface area contributed by atoms with Crippen LogP contribution in [0.1, 0.15) is 53.8 Å². The van der Waals surface area contributed by atoms with Crippen molar-refractivity contribution in [2.75, 3.05) is 42.7 Å². The zero-order chi connectivity index (χ0) is 34.9. The summed E-state index contributed by atoms with van der Waals surface area (Å²) in [7, 11) is 1.58. The minimum Gasteiger partial charge on any atom is -0.471 e. The fourth-order valence-corrected chi connectivity index (χ4v) is 6.50. The molecule has 3 atom stereocenters. The number of nitrogens with zero attached hydrogens (tertiary/aromatic N) is 5. The summed E-state index contributed by atoms with van der Waals surface area (Å²) in [4.78, 5) is 16.6. The molecule has 15 heteroatoms. The lowest BCUT2D eigenvalue weighted by molar-refractivity contribution is -0.228. The number of alkyl halides is 3. The van der Waals surface area contributed by atoms with Crippen LogP contribution >= 0.6 is 0 Å². The maximum Gasteiger partial charge on any atom is 0.451 e. The Bertz CT molecular complexity index is 1860. The highest BCUT2D eigenvalue weighted by atomic mass is 19.4. The Balaban J connectivity index is 1.20. The smallest absolute Gasteiger partial charge is 0.451 e. The summed E-state index contributed by atoms with van der Waals surface area (Å²) in [5, 5.41) is 11.1. The summed E-state index contributed by atoms with van der Waals surface area (Å²) in [5.74, 6) is -0.765. The van der Waals surface area contributed by atoms with Crippen LogP contribution in [0.2, 0.25) is 0 Å². The van der Waals surface area contributed by atoms with Gasteiger partial charge < -0.3 is 38.2 Å². The minimum atomic E-state index is -4.75. The summed E-state index contributed by atoms with van der Waals surface area (Å²) in [5.41, 5.74) is -0.295. The van der Waals surface area contributed by atoms with E-state index < -0.39 is 34.9 Å². The number of aromatic nitrogens is 3. The van der Waals surface area contributed by atoms with Gasteiger partial charge in [0.1, 0.15) is 22.8 Å². The van der Waals surface area contributed by atoms with Gasteiger partial charge in [-0.25, -0.2) is 15.0 Å². The van der Waals surface area contributed by atoms with E-state index >= 15 is 0 Å². The number of benzene rings is 1. The number of furan rings is 1. The number of rotatable bonds is 8. The summed E-state index contributed by atoms with van der Waals surface area (Å²) in [6.07, 6.45) is -3.04. The van der Waals surface area contributed by atoms with Crippen molar-refractivity contribution in [1.82, 2.24) is 15.0 Å². The number of pyridine rings is 1. The van der Waals surface area contributed by atoms with E-state index in [0.29, 0.717) is 55.1 Å². The molecule has 3 saturated heterocycles. The van der Waals surface area contributed by atoms with Gasteiger partial charge in [0.15, 0.2) is 11.4 Å². The fourth-order valence-electron chi connectivity index (χ4n) is 6.50. The molecule has 7 rings (SSSR count). The Morgan fingerprint density at radius 1 is 1.06 bits per heavy atom. The number of hydrogen-bond donors (Lipinski definition) is 1. The van der Waals surface area contributed by atoms with Crippen LogP contribution in [0.5, 0.6) is 5.88 Å². The van der Waals surface area contributed by atoms with E-state index in [0.717, 1.165) is 5.69 Å². The van der Waals surface area contributed by atoms with Crippen LogP contribution in [0.15, 0.2) is 40.9 Å². The van der Waals surface area contributed by atoms with Gasteiger partial charge in [-0.3, -0.25) is 0 Å². The lowest BCUT2D eigenvalue weighted by Crippen LogP contribution is -2.68. The third kappa shape index (κ3) is 6.08. The zero-order valence-corrected chi connectivity index (χ0v) is 28.4. The second-order valence-electron chi connectivity index (χ2n) is 14.3. The predicted molar refractivity (Wildman–Crippen MR) is 178 cm³/mol. The molecule has 0 amide bonds. The van der Waals surface area contributed by atoms with Crippen LogP contribution in [0.4, 0.5) is 24.7 Å². The first-order chi connectivity index (χ1) is 23.1. The molecule has 1 spiro atoms. The molecule has 0 aliphatic carbocycles. The summed E-state index contributed by atoms with van der Waals surface area (Å²) >= 11 is 0. The van der Waals surface area contributed by atoms with Crippen LogP contribution in [0.25, 0.3) is 22.1 Å². The Labute approximate surface area is 283 Å². The standard InChI is InChI=1S/C34H40BF3N5O6/c1-19-13-22(16-43(19)28-27-26(40-30(41-28)34(36,37)38)23-9-7-8-10-25(23)48-27)47-29-24(42-11-12-46-33(20(42)2)17-45-18-33)14-21(15-39-29)35-49-32(5,6)31(3,4)44/h7-10,14-15,19-20,22,44H,11-13,16-18H2,1-6H3/t19-,20+,22?/m1/s1. The third-order valence-electron chi connectivity index (χ3n) is 10.3. The molecule has 1 aromatic carbocycles. The van der Waals surface area contributed by atoms with Crippen molar-refractivity contribution < 1.29 is 41.6 Å². The maximum absolute atomic E-state index is 14.0. The number of ether oxygens (including phenoxy) is 3. The van der Waals surface area contributed by atoms with Gasteiger partial charge in [-0.15, -0.1) is 0 Å². The van der Waals surface area contributed by atoms with Gasteiger partial charge >= 0.3 is 13.7 Å². The molecular formula is C34H40BF3N5O6. The molecule has 3 fully saturated rings.